The number of rotatable bonds is 3. The summed E-state index contributed by atoms with van der Waals surface area (Å²) in [6.45, 7) is 2.07. The summed E-state index contributed by atoms with van der Waals surface area (Å²) < 4.78 is 1.66. The van der Waals surface area contributed by atoms with E-state index in [9.17, 15) is 4.79 Å². The van der Waals surface area contributed by atoms with Gasteiger partial charge in [-0.2, -0.15) is 0 Å². The van der Waals surface area contributed by atoms with Gasteiger partial charge in [0.25, 0.3) is 0 Å². The van der Waals surface area contributed by atoms with Crippen molar-refractivity contribution in [3.8, 4) is 0 Å². The van der Waals surface area contributed by atoms with Gasteiger partial charge in [0.2, 0.25) is 5.91 Å². The quantitative estimate of drug-likeness (QED) is 0.709. The van der Waals surface area contributed by atoms with Crippen LogP contribution in [0, 0.1) is 0 Å². The average Bonchev–Trinajstić information content (AvgIpc) is 2.84. The summed E-state index contributed by atoms with van der Waals surface area (Å²) in [7, 11) is 0. The van der Waals surface area contributed by atoms with Crippen LogP contribution in [0.3, 0.4) is 0 Å². The third-order valence-corrected chi connectivity index (χ3v) is 2.60. The Kier molecular flexibility index (Phi) is 2.96. The summed E-state index contributed by atoms with van der Waals surface area (Å²) in [5.41, 5.74) is 5.73. The maximum atomic E-state index is 11.7. The Morgan fingerprint density at radius 3 is 3.07 bits per heavy atom. The molecule has 1 aliphatic heterocycles. The number of carbonyl (C=O) groups excluding carboxylic acids is 1. The molecule has 1 unspecified atom stereocenters. The predicted molar refractivity (Wildman–Crippen MR) is 53.8 cm³/mol. The molecule has 1 saturated heterocycles. The Hall–Kier alpha value is -1.43. The molecule has 0 spiro atoms. The fraction of sp³-hybridized carbons (Fsp3) is 0.667. The molecular weight excluding hydrogens is 194 g/mol. The van der Waals surface area contributed by atoms with Gasteiger partial charge in [-0.15, -0.1) is 5.10 Å². The Balaban J connectivity index is 1.78. The summed E-state index contributed by atoms with van der Waals surface area (Å²) >= 11 is 0. The van der Waals surface area contributed by atoms with E-state index in [0.717, 1.165) is 13.0 Å². The highest BCUT2D eigenvalue weighted by Gasteiger charge is 2.22. The van der Waals surface area contributed by atoms with Crippen molar-refractivity contribution in [2.75, 3.05) is 13.1 Å². The van der Waals surface area contributed by atoms with E-state index in [1.807, 2.05) is 4.90 Å². The van der Waals surface area contributed by atoms with Crippen molar-refractivity contribution in [1.29, 1.82) is 0 Å². The first-order valence-corrected chi connectivity index (χ1v) is 5.13. The van der Waals surface area contributed by atoms with Crippen molar-refractivity contribution in [3.63, 3.8) is 0 Å². The van der Waals surface area contributed by atoms with Gasteiger partial charge in [-0.25, -0.2) is 0 Å². The van der Waals surface area contributed by atoms with Crippen molar-refractivity contribution in [2.45, 2.75) is 25.4 Å². The smallest absolute Gasteiger partial charge is 0.224 e. The number of likely N-dealkylation sites (tertiary alicyclic amines) is 1. The first kappa shape index (κ1) is 10.1. The number of aryl methyl sites for hydroxylation is 1. The Morgan fingerprint density at radius 1 is 1.60 bits per heavy atom. The van der Waals surface area contributed by atoms with Gasteiger partial charge >= 0.3 is 0 Å². The van der Waals surface area contributed by atoms with Crippen LogP contribution in [0.5, 0.6) is 0 Å². The van der Waals surface area contributed by atoms with E-state index in [4.69, 9.17) is 5.73 Å². The molecule has 2 rings (SSSR count). The maximum absolute atomic E-state index is 11.7. The van der Waals surface area contributed by atoms with Crippen LogP contribution >= 0.6 is 0 Å². The zero-order valence-corrected chi connectivity index (χ0v) is 8.54. The lowest BCUT2D eigenvalue weighted by molar-refractivity contribution is -0.130. The van der Waals surface area contributed by atoms with Gasteiger partial charge in [-0.1, -0.05) is 5.21 Å². The highest BCUT2D eigenvalue weighted by atomic mass is 16.2. The van der Waals surface area contributed by atoms with Crippen LogP contribution < -0.4 is 5.73 Å². The summed E-state index contributed by atoms with van der Waals surface area (Å²) in [6.07, 6.45) is 4.74. The zero-order chi connectivity index (χ0) is 10.7. The third-order valence-electron chi connectivity index (χ3n) is 2.60. The molecule has 0 aromatic carbocycles. The molecule has 1 amide bonds. The van der Waals surface area contributed by atoms with Gasteiger partial charge in [0.15, 0.2) is 0 Å². The van der Waals surface area contributed by atoms with Crippen molar-refractivity contribution in [2.24, 2.45) is 5.73 Å². The summed E-state index contributed by atoms with van der Waals surface area (Å²) in [5.74, 6) is 0.151. The topological polar surface area (TPSA) is 77.0 Å². The van der Waals surface area contributed by atoms with E-state index < -0.39 is 0 Å². The number of aromatic nitrogens is 3. The van der Waals surface area contributed by atoms with E-state index in [-0.39, 0.29) is 11.9 Å². The summed E-state index contributed by atoms with van der Waals surface area (Å²) in [6, 6.07) is 0.153. The molecule has 82 valence electrons. The van der Waals surface area contributed by atoms with Crippen LogP contribution in [0.1, 0.15) is 12.8 Å². The molecule has 2 N–H and O–H groups in total. The first-order chi connectivity index (χ1) is 7.25. The Bertz CT molecular complexity index is 323. The third kappa shape index (κ3) is 2.53. The second kappa shape index (κ2) is 4.39. The van der Waals surface area contributed by atoms with Crippen molar-refractivity contribution < 1.29 is 4.79 Å². The number of carbonyl (C=O) groups is 1. The van der Waals surface area contributed by atoms with Crippen LogP contribution in [0.15, 0.2) is 12.4 Å². The average molecular weight is 209 g/mol. The van der Waals surface area contributed by atoms with Crippen molar-refractivity contribution in [1.82, 2.24) is 19.9 Å². The molecule has 0 radical (unpaired) electrons. The van der Waals surface area contributed by atoms with Crippen LogP contribution in [-0.4, -0.2) is 44.9 Å². The SMILES string of the molecule is NC1CCN(C(=O)CCn2ccnn2)C1. The lowest BCUT2D eigenvalue weighted by Crippen LogP contribution is -2.32. The van der Waals surface area contributed by atoms with E-state index >= 15 is 0 Å². The van der Waals surface area contributed by atoms with E-state index in [2.05, 4.69) is 10.3 Å². The van der Waals surface area contributed by atoms with Crippen LogP contribution in [0.4, 0.5) is 0 Å². The molecule has 15 heavy (non-hydrogen) atoms. The Labute approximate surface area is 88.0 Å². The minimum atomic E-state index is 0.151. The molecule has 0 aliphatic carbocycles. The number of amides is 1. The first-order valence-electron chi connectivity index (χ1n) is 5.13. The lowest BCUT2D eigenvalue weighted by atomic mass is 10.3. The molecule has 1 aliphatic rings. The van der Waals surface area contributed by atoms with E-state index in [1.165, 1.54) is 0 Å². The van der Waals surface area contributed by atoms with Crippen LogP contribution in [0.25, 0.3) is 0 Å². The molecule has 1 aromatic heterocycles. The van der Waals surface area contributed by atoms with Crippen molar-refractivity contribution in [3.05, 3.63) is 12.4 Å². The lowest BCUT2D eigenvalue weighted by Gasteiger charge is -2.15. The normalized spacial score (nSPS) is 20.9. The molecule has 6 nitrogen and oxygen atoms in total. The van der Waals surface area contributed by atoms with E-state index in [1.54, 1.807) is 17.1 Å². The molecule has 2 heterocycles. The summed E-state index contributed by atoms with van der Waals surface area (Å²) in [5, 5.41) is 7.48. The highest BCUT2D eigenvalue weighted by Crippen LogP contribution is 2.08. The van der Waals surface area contributed by atoms with Gasteiger partial charge in [0.1, 0.15) is 0 Å². The van der Waals surface area contributed by atoms with Crippen LogP contribution in [-0.2, 0) is 11.3 Å². The summed E-state index contributed by atoms with van der Waals surface area (Å²) in [4.78, 5) is 13.5. The minimum Gasteiger partial charge on any atom is -0.341 e. The molecular formula is C9H15N5O. The van der Waals surface area contributed by atoms with Crippen molar-refractivity contribution >= 4 is 5.91 Å². The fourth-order valence-electron chi connectivity index (χ4n) is 1.73. The van der Waals surface area contributed by atoms with Crippen LogP contribution in [0.2, 0.25) is 0 Å². The Morgan fingerprint density at radius 2 is 2.47 bits per heavy atom. The number of nitrogens with zero attached hydrogens (tertiary/aromatic N) is 4. The van der Waals surface area contributed by atoms with Gasteiger partial charge in [-0.3, -0.25) is 9.48 Å². The minimum absolute atomic E-state index is 0.151. The molecule has 1 aromatic rings. The molecule has 0 saturated carbocycles. The fourth-order valence-corrected chi connectivity index (χ4v) is 1.73. The maximum Gasteiger partial charge on any atom is 0.224 e. The monoisotopic (exact) mass is 209 g/mol. The molecule has 1 atom stereocenters. The molecule has 1 fully saturated rings. The number of nitrogens with two attached hydrogens (primary N) is 1. The second-order valence-corrected chi connectivity index (χ2v) is 3.80. The second-order valence-electron chi connectivity index (χ2n) is 3.80. The standard InChI is InChI=1S/C9H15N5O/c10-8-1-4-13(7-8)9(15)2-5-14-6-3-11-12-14/h3,6,8H,1-2,4-5,7,10H2. The van der Waals surface area contributed by atoms with Gasteiger partial charge in [-0.05, 0) is 6.42 Å². The predicted octanol–water partition coefficient (Wildman–Crippen LogP) is -0.772. The molecule has 6 heteroatoms. The molecule has 0 bridgehead atoms. The van der Waals surface area contributed by atoms with E-state index in [0.29, 0.717) is 19.5 Å². The zero-order valence-electron chi connectivity index (χ0n) is 8.54. The number of hydrogen-bond donors (Lipinski definition) is 1. The van der Waals surface area contributed by atoms with Gasteiger partial charge in [0.05, 0.1) is 12.7 Å². The largest absolute Gasteiger partial charge is 0.341 e. The van der Waals surface area contributed by atoms with Gasteiger partial charge < -0.3 is 10.6 Å². The number of hydrogen-bond acceptors (Lipinski definition) is 4. The highest BCUT2D eigenvalue weighted by molar-refractivity contribution is 5.76. The van der Waals surface area contributed by atoms with Gasteiger partial charge in [0, 0.05) is 31.7 Å².